The molecule has 2 aliphatic heterocycles. The zero-order valence-corrected chi connectivity index (χ0v) is 10.8. The predicted molar refractivity (Wildman–Crippen MR) is 65.4 cm³/mol. The Morgan fingerprint density at radius 2 is 2.22 bits per heavy atom. The zero-order chi connectivity index (χ0) is 13.2. The second-order valence-corrected chi connectivity index (χ2v) is 5.80. The number of rotatable bonds is 2. The van der Waals surface area contributed by atoms with Crippen LogP contribution < -0.4 is 5.32 Å². The molecule has 0 aromatic rings. The van der Waals surface area contributed by atoms with Crippen LogP contribution >= 0.6 is 0 Å². The third-order valence-corrected chi connectivity index (χ3v) is 3.95. The van der Waals surface area contributed by atoms with Gasteiger partial charge >= 0.3 is 6.18 Å². The van der Waals surface area contributed by atoms with Crippen molar-refractivity contribution in [1.29, 1.82) is 0 Å². The summed E-state index contributed by atoms with van der Waals surface area (Å²) in [5.74, 6) is 0. The van der Waals surface area contributed by atoms with E-state index in [-0.39, 0.29) is 17.4 Å². The second-order valence-electron chi connectivity index (χ2n) is 5.80. The molecule has 0 radical (unpaired) electrons. The fraction of sp³-hybridized carbons (Fsp3) is 0.846. The van der Waals surface area contributed by atoms with Crippen molar-refractivity contribution in [1.82, 2.24) is 10.2 Å². The lowest BCUT2D eigenvalue weighted by atomic mass is 9.82. The van der Waals surface area contributed by atoms with Gasteiger partial charge in [0.15, 0.2) is 0 Å². The van der Waals surface area contributed by atoms with Crippen LogP contribution in [0.15, 0.2) is 11.6 Å². The maximum absolute atomic E-state index is 12.5. The van der Waals surface area contributed by atoms with E-state index in [4.69, 9.17) is 0 Å². The quantitative estimate of drug-likeness (QED) is 0.769. The van der Waals surface area contributed by atoms with Crippen molar-refractivity contribution in [3.05, 3.63) is 11.6 Å². The Bertz CT molecular complexity index is 317. The molecular formula is C13H21F3N2. The van der Waals surface area contributed by atoms with E-state index in [1.54, 1.807) is 0 Å². The van der Waals surface area contributed by atoms with Gasteiger partial charge in [-0.05, 0) is 31.2 Å². The van der Waals surface area contributed by atoms with Crippen LogP contribution in [0.25, 0.3) is 0 Å². The molecule has 0 saturated carbocycles. The van der Waals surface area contributed by atoms with Crippen LogP contribution in [-0.4, -0.2) is 43.8 Å². The van der Waals surface area contributed by atoms with E-state index in [0.717, 1.165) is 32.5 Å². The maximum atomic E-state index is 12.5. The number of halogens is 3. The minimum Gasteiger partial charge on any atom is -0.316 e. The summed E-state index contributed by atoms with van der Waals surface area (Å²) in [7, 11) is 0. The fourth-order valence-electron chi connectivity index (χ4n) is 2.91. The third-order valence-electron chi connectivity index (χ3n) is 3.95. The molecule has 5 heteroatoms. The molecule has 2 nitrogen and oxygen atoms in total. The topological polar surface area (TPSA) is 15.3 Å². The van der Waals surface area contributed by atoms with Gasteiger partial charge in [-0.15, -0.1) is 0 Å². The van der Waals surface area contributed by atoms with Gasteiger partial charge in [0.25, 0.3) is 0 Å². The van der Waals surface area contributed by atoms with Crippen molar-refractivity contribution in [3.63, 3.8) is 0 Å². The third kappa shape index (κ3) is 3.48. The van der Waals surface area contributed by atoms with Gasteiger partial charge in [0.05, 0.1) is 0 Å². The van der Waals surface area contributed by atoms with E-state index in [1.165, 1.54) is 6.08 Å². The van der Waals surface area contributed by atoms with Crippen molar-refractivity contribution >= 4 is 0 Å². The number of piperidine rings is 1. The molecule has 0 amide bonds. The highest BCUT2D eigenvalue weighted by Gasteiger charge is 2.36. The maximum Gasteiger partial charge on any atom is 0.412 e. The van der Waals surface area contributed by atoms with Crippen molar-refractivity contribution in [2.75, 3.05) is 32.7 Å². The van der Waals surface area contributed by atoms with E-state index in [1.807, 2.05) is 0 Å². The van der Waals surface area contributed by atoms with Gasteiger partial charge in [0.1, 0.15) is 0 Å². The monoisotopic (exact) mass is 262 g/mol. The van der Waals surface area contributed by atoms with Crippen molar-refractivity contribution < 1.29 is 13.2 Å². The summed E-state index contributed by atoms with van der Waals surface area (Å²) in [6.45, 7) is 6.11. The summed E-state index contributed by atoms with van der Waals surface area (Å²) in [6, 6.07) is 0. The van der Waals surface area contributed by atoms with Crippen LogP contribution in [0.2, 0.25) is 0 Å². The summed E-state index contributed by atoms with van der Waals surface area (Å²) >= 11 is 0. The Labute approximate surface area is 106 Å². The Morgan fingerprint density at radius 1 is 1.44 bits per heavy atom. The van der Waals surface area contributed by atoms with Gasteiger partial charge in [-0.1, -0.05) is 13.0 Å². The number of nitrogens with zero attached hydrogens (tertiary/aromatic N) is 1. The first kappa shape index (κ1) is 13.9. The SMILES string of the molecule is CC1(CN2CC=C(C(F)(F)F)CC2)CCCNC1. The molecule has 0 spiro atoms. The number of alkyl halides is 3. The van der Waals surface area contributed by atoms with Crippen LogP contribution in [0.5, 0.6) is 0 Å². The van der Waals surface area contributed by atoms with Crippen LogP contribution in [0.1, 0.15) is 26.2 Å². The molecular weight excluding hydrogens is 241 g/mol. The minimum atomic E-state index is -4.14. The Balaban J connectivity index is 1.88. The average molecular weight is 262 g/mol. The normalized spacial score (nSPS) is 31.2. The molecule has 1 atom stereocenters. The summed E-state index contributed by atoms with van der Waals surface area (Å²) in [4.78, 5) is 2.14. The van der Waals surface area contributed by atoms with Crippen LogP contribution in [-0.2, 0) is 0 Å². The first-order chi connectivity index (χ1) is 8.39. The van der Waals surface area contributed by atoms with Gasteiger partial charge in [0.2, 0.25) is 0 Å². The Morgan fingerprint density at radius 3 is 2.72 bits per heavy atom. The van der Waals surface area contributed by atoms with Gasteiger partial charge < -0.3 is 5.32 Å². The van der Waals surface area contributed by atoms with Gasteiger partial charge in [0, 0.05) is 31.8 Å². The molecule has 1 unspecified atom stereocenters. The van der Waals surface area contributed by atoms with Gasteiger partial charge in [-0.2, -0.15) is 13.2 Å². The van der Waals surface area contributed by atoms with Crippen LogP contribution in [0.3, 0.4) is 0 Å². The number of hydrogen-bond acceptors (Lipinski definition) is 2. The number of hydrogen-bond donors (Lipinski definition) is 1. The lowest BCUT2D eigenvalue weighted by Crippen LogP contribution is -2.47. The van der Waals surface area contributed by atoms with E-state index < -0.39 is 6.18 Å². The highest BCUT2D eigenvalue weighted by molar-refractivity contribution is 5.13. The second kappa shape index (κ2) is 5.21. The largest absolute Gasteiger partial charge is 0.412 e. The van der Waals surface area contributed by atoms with Crippen LogP contribution in [0.4, 0.5) is 13.2 Å². The van der Waals surface area contributed by atoms with Crippen molar-refractivity contribution in [3.8, 4) is 0 Å². The standard InChI is InChI=1S/C13H21F3N2/c1-12(5-2-6-17-9-12)10-18-7-3-11(4-8-18)13(14,15)16/h3,17H,2,4-10H2,1H3. The van der Waals surface area contributed by atoms with Crippen molar-refractivity contribution in [2.24, 2.45) is 5.41 Å². The molecule has 18 heavy (non-hydrogen) atoms. The lowest BCUT2D eigenvalue weighted by molar-refractivity contribution is -0.0962. The predicted octanol–water partition coefficient (Wildman–Crippen LogP) is 2.57. The van der Waals surface area contributed by atoms with E-state index in [2.05, 4.69) is 17.1 Å². The summed E-state index contributed by atoms with van der Waals surface area (Å²) in [6.07, 6.45) is -0.334. The summed E-state index contributed by atoms with van der Waals surface area (Å²) in [5.41, 5.74) is -0.146. The van der Waals surface area contributed by atoms with E-state index in [9.17, 15) is 13.2 Å². The van der Waals surface area contributed by atoms with Gasteiger partial charge in [-0.25, -0.2) is 0 Å². The molecule has 2 aliphatic rings. The highest BCUT2D eigenvalue weighted by Crippen LogP contribution is 2.32. The molecule has 0 bridgehead atoms. The molecule has 1 saturated heterocycles. The Hall–Kier alpha value is -0.550. The Kier molecular flexibility index (Phi) is 4.02. The molecule has 1 fully saturated rings. The molecule has 0 aromatic carbocycles. The molecule has 0 aliphatic carbocycles. The molecule has 2 heterocycles. The van der Waals surface area contributed by atoms with E-state index in [0.29, 0.717) is 13.1 Å². The lowest BCUT2D eigenvalue weighted by Gasteiger charge is -2.39. The molecule has 0 aromatic heterocycles. The van der Waals surface area contributed by atoms with Gasteiger partial charge in [-0.3, -0.25) is 4.90 Å². The first-order valence-electron chi connectivity index (χ1n) is 6.58. The van der Waals surface area contributed by atoms with E-state index >= 15 is 0 Å². The minimum absolute atomic E-state index is 0.132. The van der Waals surface area contributed by atoms with Crippen molar-refractivity contribution in [2.45, 2.75) is 32.4 Å². The molecule has 104 valence electrons. The average Bonchev–Trinajstić information content (AvgIpc) is 2.29. The van der Waals surface area contributed by atoms with Crippen LogP contribution in [0, 0.1) is 5.41 Å². The first-order valence-corrected chi connectivity index (χ1v) is 6.58. The number of nitrogens with one attached hydrogen (secondary N) is 1. The molecule has 2 rings (SSSR count). The fourth-order valence-corrected chi connectivity index (χ4v) is 2.91. The summed E-state index contributed by atoms with van der Waals surface area (Å²) in [5, 5.41) is 3.38. The zero-order valence-electron chi connectivity index (χ0n) is 10.8. The smallest absolute Gasteiger partial charge is 0.316 e. The summed E-state index contributed by atoms with van der Waals surface area (Å²) < 4.78 is 37.5. The highest BCUT2D eigenvalue weighted by atomic mass is 19.4. The molecule has 1 N–H and O–H groups in total.